The molecule has 2 saturated heterocycles. The summed E-state index contributed by atoms with van der Waals surface area (Å²) in [6, 6.07) is -0.204. The fourth-order valence-corrected chi connectivity index (χ4v) is 3.05. The van der Waals surface area contributed by atoms with E-state index in [0.717, 1.165) is 38.7 Å². The lowest BCUT2D eigenvalue weighted by Gasteiger charge is -2.36. The number of nitrogens with zero attached hydrogens (tertiary/aromatic N) is 4. The predicted octanol–water partition coefficient (Wildman–Crippen LogP) is -1.35. The minimum atomic E-state index is -0.353. The number of carbonyl (C=O) groups excluding carboxylic acids is 3. The number of guanidine groups is 1. The summed E-state index contributed by atoms with van der Waals surface area (Å²) in [4.78, 5) is 45.1. The average Bonchev–Trinajstić information content (AvgIpc) is 2.93. The zero-order chi connectivity index (χ0) is 19.8. The summed E-state index contributed by atoms with van der Waals surface area (Å²) in [5.41, 5.74) is 0. The van der Waals surface area contributed by atoms with Gasteiger partial charge in [0.15, 0.2) is 5.96 Å². The van der Waals surface area contributed by atoms with Crippen LogP contribution < -0.4 is 16.0 Å². The van der Waals surface area contributed by atoms with Gasteiger partial charge >= 0.3 is 6.03 Å². The van der Waals surface area contributed by atoms with Crippen LogP contribution in [0.2, 0.25) is 0 Å². The number of amides is 4. The number of rotatable bonds is 7. The minimum absolute atomic E-state index is 0.0487. The number of aliphatic imine (C=N–C) groups is 1. The van der Waals surface area contributed by atoms with Crippen molar-refractivity contribution in [2.24, 2.45) is 4.99 Å². The second-order valence-corrected chi connectivity index (χ2v) is 6.93. The first kappa shape index (κ1) is 20.9. The molecule has 0 radical (unpaired) electrons. The van der Waals surface area contributed by atoms with E-state index in [1.807, 2.05) is 20.8 Å². The van der Waals surface area contributed by atoms with E-state index in [0.29, 0.717) is 13.1 Å². The summed E-state index contributed by atoms with van der Waals surface area (Å²) < 4.78 is 0. The lowest BCUT2D eigenvalue weighted by atomic mass is 10.3. The van der Waals surface area contributed by atoms with Gasteiger partial charge in [0, 0.05) is 38.8 Å². The summed E-state index contributed by atoms with van der Waals surface area (Å²) in [6.45, 7) is 10.8. The molecule has 0 bridgehead atoms. The van der Waals surface area contributed by atoms with E-state index in [4.69, 9.17) is 0 Å². The Kier molecular flexibility index (Phi) is 7.83. The van der Waals surface area contributed by atoms with E-state index in [1.165, 1.54) is 4.90 Å². The van der Waals surface area contributed by atoms with Gasteiger partial charge in [-0.2, -0.15) is 0 Å². The van der Waals surface area contributed by atoms with Crippen LogP contribution in [0.15, 0.2) is 4.99 Å². The molecule has 0 aromatic heterocycles. The third kappa shape index (κ3) is 6.38. The van der Waals surface area contributed by atoms with Crippen LogP contribution in [0.25, 0.3) is 0 Å². The van der Waals surface area contributed by atoms with Crippen LogP contribution in [0.3, 0.4) is 0 Å². The normalized spacial score (nSPS) is 18.9. The molecule has 3 N–H and O–H groups in total. The van der Waals surface area contributed by atoms with E-state index in [-0.39, 0.29) is 37.0 Å². The van der Waals surface area contributed by atoms with E-state index < -0.39 is 0 Å². The third-order valence-electron chi connectivity index (χ3n) is 4.35. The topological polar surface area (TPSA) is 109 Å². The second-order valence-electron chi connectivity index (χ2n) is 6.93. The standard InChI is InChI=1S/C17H31N7O3/c1-4-18-16(19-5-6-24-15(26)11-20-17(24)27)23-9-7-22(8-10-23)12-14(25)21-13(2)3/h13H,4-12H2,1-3H3,(H,18,19)(H,20,27)(H,21,25). The number of urea groups is 1. The number of imide groups is 1. The Morgan fingerprint density at radius 2 is 1.93 bits per heavy atom. The van der Waals surface area contributed by atoms with Crippen LogP contribution in [0.5, 0.6) is 0 Å². The first-order valence-corrected chi connectivity index (χ1v) is 9.54. The van der Waals surface area contributed by atoms with Gasteiger partial charge in [0.2, 0.25) is 11.8 Å². The quantitative estimate of drug-likeness (QED) is 0.286. The summed E-state index contributed by atoms with van der Waals surface area (Å²) in [6.07, 6.45) is 0. The number of carbonyl (C=O) groups is 3. The molecule has 0 unspecified atom stereocenters. The third-order valence-corrected chi connectivity index (χ3v) is 4.35. The van der Waals surface area contributed by atoms with Crippen molar-refractivity contribution in [1.29, 1.82) is 0 Å². The molecule has 2 rings (SSSR count). The Morgan fingerprint density at radius 3 is 2.48 bits per heavy atom. The molecule has 10 heteroatoms. The van der Waals surface area contributed by atoms with Crippen LogP contribution >= 0.6 is 0 Å². The van der Waals surface area contributed by atoms with E-state index in [9.17, 15) is 14.4 Å². The molecule has 0 atom stereocenters. The van der Waals surface area contributed by atoms with E-state index in [2.05, 4.69) is 30.7 Å². The van der Waals surface area contributed by atoms with Gasteiger partial charge in [-0.3, -0.25) is 24.4 Å². The first-order valence-electron chi connectivity index (χ1n) is 9.54. The highest BCUT2D eigenvalue weighted by molar-refractivity contribution is 6.01. The van der Waals surface area contributed by atoms with Crippen molar-refractivity contribution in [3.05, 3.63) is 0 Å². The smallest absolute Gasteiger partial charge is 0.324 e. The number of nitrogens with one attached hydrogen (secondary N) is 3. The molecular weight excluding hydrogens is 350 g/mol. The molecule has 0 aromatic rings. The monoisotopic (exact) mass is 381 g/mol. The summed E-state index contributed by atoms with van der Waals surface area (Å²) >= 11 is 0. The van der Waals surface area contributed by atoms with Gasteiger partial charge in [-0.15, -0.1) is 0 Å². The maximum absolute atomic E-state index is 11.9. The van der Waals surface area contributed by atoms with Crippen molar-refractivity contribution in [3.63, 3.8) is 0 Å². The molecule has 2 aliphatic rings. The number of hydrogen-bond acceptors (Lipinski definition) is 5. The molecule has 0 aromatic carbocycles. The Bertz CT molecular complexity index is 555. The van der Waals surface area contributed by atoms with Crippen LogP contribution in [-0.4, -0.2) is 103 Å². The predicted molar refractivity (Wildman–Crippen MR) is 102 cm³/mol. The molecule has 0 saturated carbocycles. The zero-order valence-corrected chi connectivity index (χ0v) is 16.5. The molecule has 4 amide bonds. The highest BCUT2D eigenvalue weighted by Crippen LogP contribution is 2.03. The van der Waals surface area contributed by atoms with Gasteiger partial charge in [-0.25, -0.2) is 4.79 Å². The molecule has 27 heavy (non-hydrogen) atoms. The number of hydrogen-bond donors (Lipinski definition) is 3. The average molecular weight is 381 g/mol. The van der Waals surface area contributed by atoms with E-state index in [1.54, 1.807) is 0 Å². The summed E-state index contributed by atoms with van der Waals surface area (Å²) in [5.74, 6) is 0.608. The molecule has 10 nitrogen and oxygen atoms in total. The van der Waals surface area contributed by atoms with E-state index >= 15 is 0 Å². The first-order chi connectivity index (χ1) is 12.9. The Labute approximate surface area is 160 Å². The van der Waals surface area contributed by atoms with Gasteiger partial charge < -0.3 is 20.9 Å². The van der Waals surface area contributed by atoms with Crippen LogP contribution in [0, 0.1) is 0 Å². The molecule has 0 aliphatic carbocycles. The van der Waals surface area contributed by atoms with Gasteiger partial charge in [-0.05, 0) is 20.8 Å². The fourth-order valence-electron chi connectivity index (χ4n) is 3.05. The van der Waals surface area contributed by atoms with Gasteiger partial charge in [0.1, 0.15) is 0 Å². The minimum Gasteiger partial charge on any atom is -0.357 e. The SMILES string of the molecule is CCNC(=NCCN1C(=O)CNC1=O)N1CCN(CC(=O)NC(C)C)CC1. The molecule has 2 aliphatic heterocycles. The molecular formula is C17H31N7O3. The van der Waals surface area contributed by atoms with Crippen molar-refractivity contribution in [1.82, 2.24) is 30.7 Å². The van der Waals surface area contributed by atoms with Crippen molar-refractivity contribution in [3.8, 4) is 0 Å². The zero-order valence-electron chi connectivity index (χ0n) is 16.5. The largest absolute Gasteiger partial charge is 0.357 e. The van der Waals surface area contributed by atoms with Crippen LogP contribution in [0.4, 0.5) is 4.79 Å². The van der Waals surface area contributed by atoms with Crippen LogP contribution in [-0.2, 0) is 9.59 Å². The van der Waals surface area contributed by atoms with Crippen molar-refractivity contribution >= 4 is 23.8 Å². The van der Waals surface area contributed by atoms with Crippen molar-refractivity contribution in [2.45, 2.75) is 26.8 Å². The maximum atomic E-state index is 11.9. The van der Waals surface area contributed by atoms with Gasteiger partial charge in [0.25, 0.3) is 0 Å². The maximum Gasteiger partial charge on any atom is 0.324 e. The molecule has 0 spiro atoms. The van der Waals surface area contributed by atoms with Crippen molar-refractivity contribution in [2.75, 3.05) is 58.9 Å². The highest BCUT2D eigenvalue weighted by atomic mass is 16.2. The summed E-state index contributed by atoms with van der Waals surface area (Å²) in [5, 5.41) is 8.67. The van der Waals surface area contributed by atoms with Gasteiger partial charge in [0.05, 0.1) is 26.2 Å². The molecule has 152 valence electrons. The second kappa shape index (κ2) is 10.1. The lowest BCUT2D eigenvalue weighted by Crippen LogP contribution is -2.54. The highest BCUT2D eigenvalue weighted by Gasteiger charge is 2.28. The molecule has 2 fully saturated rings. The van der Waals surface area contributed by atoms with Gasteiger partial charge in [-0.1, -0.05) is 0 Å². The fraction of sp³-hybridized carbons (Fsp3) is 0.765. The molecule has 2 heterocycles. The number of piperazine rings is 1. The Balaban J connectivity index is 1.82. The Morgan fingerprint density at radius 1 is 1.22 bits per heavy atom. The van der Waals surface area contributed by atoms with Crippen molar-refractivity contribution < 1.29 is 14.4 Å². The lowest BCUT2D eigenvalue weighted by molar-refractivity contribution is -0.125. The summed E-state index contributed by atoms with van der Waals surface area (Å²) in [7, 11) is 0. The Hall–Kier alpha value is -2.36. The van der Waals surface area contributed by atoms with Crippen LogP contribution in [0.1, 0.15) is 20.8 Å².